The number of aromatic nitrogens is 2. The van der Waals surface area contributed by atoms with Crippen molar-refractivity contribution in [2.24, 2.45) is 5.92 Å². The van der Waals surface area contributed by atoms with Crippen LogP contribution in [0.15, 0.2) is 36.5 Å². The number of carboxylic acids is 1. The zero-order chi connectivity index (χ0) is 25.4. The van der Waals surface area contributed by atoms with Crippen molar-refractivity contribution in [3.8, 4) is 0 Å². The number of halogens is 3. The molecule has 5 rings (SSSR count). The van der Waals surface area contributed by atoms with Crippen LogP contribution in [0.3, 0.4) is 0 Å². The lowest BCUT2D eigenvalue weighted by Crippen LogP contribution is -2.39. The minimum atomic E-state index is -5.08. The second-order valence-corrected chi connectivity index (χ2v) is 10.9. The molecule has 2 atom stereocenters. The number of sulfone groups is 1. The van der Waals surface area contributed by atoms with Gasteiger partial charge in [0.25, 0.3) is 0 Å². The average molecular weight is 513 g/mol. The van der Waals surface area contributed by atoms with E-state index in [4.69, 9.17) is 9.90 Å². The summed E-state index contributed by atoms with van der Waals surface area (Å²) in [6.45, 7) is 0.710. The monoisotopic (exact) mass is 512 g/mol. The summed E-state index contributed by atoms with van der Waals surface area (Å²) in [6.07, 6.45) is -0.555. The highest BCUT2D eigenvalue weighted by Gasteiger charge is 2.49. The number of hydrogen-bond acceptors (Lipinski definition) is 7. The quantitative estimate of drug-likeness (QED) is 0.642. The summed E-state index contributed by atoms with van der Waals surface area (Å²) >= 11 is 0. The molecule has 2 aromatic rings. The van der Waals surface area contributed by atoms with Crippen LogP contribution >= 0.6 is 0 Å². The first-order valence-corrected chi connectivity index (χ1v) is 12.7. The second kappa shape index (κ2) is 9.44. The first kappa shape index (κ1) is 24.9. The maximum absolute atomic E-state index is 12.8. The Balaban J connectivity index is 0.000000364. The Kier molecular flexibility index (Phi) is 6.71. The first-order chi connectivity index (χ1) is 16.5. The number of hydrogen-bond donors (Lipinski definition) is 2. The molecule has 13 heteroatoms. The van der Waals surface area contributed by atoms with Gasteiger partial charge in [-0.05, 0) is 25.0 Å². The van der Waals surface area contributed by atoms with Gasteiger partial charge in [0.15, 0.2) is 9.84 Å². The highest BCUT2D eigenvalue weighted by atomic mass is 32.2. The summed E-state index contributed by atoms with van der Waals surface area (Å²) in [5.41, 5.74) is 2.28. The molecule has 2 N–H and O–H groups in total. The summed E-state index contributed by atoms with van der Waals surface area (Å²) in [4.78, 5) is 32.3. The molecule has 1 aliphatic carbocycles. The lowest BCUT2D eigenvalue weighted by Gasteiger charge is -2.29. The predicted molar refractivity (Wildman–Crippen MR) is 119 cm³/mol. The van der Waals surface area contributed by atoms with Gasteiger partial charge in [-0.25, -0.2) is 23.2 Å². The Morgan fingerprint density at radius 2 is 1.77 bits per heavy atom. The number of para-hydroxylation sites is 1. The SMILES string of the molecule is O=C(C1CCC1)N1C[C@@H]2c3nc(Nc4ccccc4)ncc3CS(=O)(=O)[C@@H]2C1.O=C(O)C(F)(F)F. The topological polar surface area (TPSA) is 130 Å². The maximum atomic E-state index is 12.8. The third kappa shape index (κ3) is 5.39. The van der Waals surface area contributed by atoms with Crippen LogP contribution in [0.2, 0.25) is 0 Å². The molecule has 1 saturated carbocycles. The number of alkyl halides is 3. The number of carbonyl (C=O) groups is 2. The summed E-state index contributed by atoms with van der Waals surface area (Å²) in [7, 11) is -3.32. The summed E-state index contributed by atoms with van der Waals surface area (Å²) in [6, 6.07) is 9.62. The zero-order valence-electron chi connectivity index (χ0n) is 18.4. The third-order valence-electron chi connectivity index (χ3n) is 6.37. The van der Waals surface area contributed by atoms with Crippen molar-refractivity contribution < 1.29 is 36.3 Å². The highest BCUT2D eigenvalue weighted by molar-refractivity contribution is 7.91. The summed E-state index contributed by atoms with van der Waals surface area (Å²) in [5.74, 6) is -2.46. The van der Waals surface area contributed by atoms with Crippen LogP contribution in [0, 0.1) is 5.92 Å². The number of rotatable bonds is 3. The molecule has 1 aromatic carbocycles. The minimum Gasteiger partial charge on any atom is -0.475 e. The lowest BCUT2D eigenvalue weighted by atomic mass is 9.84. The Morgan fingerprint density at radius 1 is 1.11 bits per heavy atom. The van der Waals surface area contributed by atoms with E-state index in [0.29, 0.717) is 18.1 Å². The van der Waals surface area contributed by atoms with Gasteiger partial charge in [-0.15, -0.1) is 0 Å². The van der Waals surface area contributed by atoms with E-state index in [1.807, 2.05) is 30.3 Å². The van der Waals surface area contributed by atoms with Gasteiger partial charge >= 0.3 is 12.1 Å². The summed E-state index contributed by atoms with van der Waals surface area (Å²) in [5, 5.41) is 9.73. The van der Waals surface area contributed by atoms with E-state index in [-0.39, 0.29) is 30.0 Å². The third-order valence-corrected chi connectivity index (χ3v) is 8.49. The van der Waals surface area contributed by atoms with Gasteiger partial charge in [0, 0.05) is 42.4 Å². The van der Waals surface area contributed by atoms with Crippen LogP contribution in [0.5, 0.6) is 0 Å². The molecule has 1 amide bonds. The van der Waals surface area contributed by atoms with E-state index >= 15 is 0 Å². The fourth-order valence-corrected chi connectivity index (χ4v) is 6.37. The molecular weight excluding hydrogens is 489 g/mol. The number of carbonyl (C=O) groups excluding carboxylic acids is 1. The van der Waals surface area contributed by atoms with Gasteiger partial charge in [0.1, 0.15) is 0 Å². The number of nitrogens with one attached hydrogen (secondary N) is 1. The number of benzene rings is 1. The molecule has 0 unspecified atom stereocenters. The number of carboxylic acid groups (broad SMARTS) is 1. The van der Waals surface area contributed by atoms with E-state index in [0.717, 1.165) is 30.6 Å². The maximum Gasteiger partial charge on any atom is 0.490 e. The fraction of sp³-hybridized carbons (Fsp3) is 0.455. The normalized spacial score (nSPS) is 22.7. The van der Waals surface area contributed by atoms with E-state index in [2.05, 4.69) is 15.3 Å². The molecule has 188 valence electrons. The molecule has 0 radical (unpaired) electrons. The number of anilines is 2. The highest BCUT2D eigenvalue weighted by Crippen LogP contribution is 2.41. The molecule has 2 aliphatic heterocycles. The molecule has 3 heterocycles. The van der Waals surface area contributed by atoms with Gasteiger partial charge in [-0.1, -0.05) is 24.6 Å². The Bertz CT molecular complexity index is 1220. The van der Waals surface area contributed by atoms with E-state index in [9.17, 15) is 26.4 Å². The Labute approximate surface area is 199 Å². The van der Waals surface area contributed by atoms with Crippen molar-refractivity contribution in [3.05, 3.63) is 47.8 Å². The van der Waals surface area contributed by atoms with Gasteiger partial charge < -0.3 is 15.3 Å². The number of nitrogens with zero attached hydrogens (tertiary/aromatic N) is 3. The molecular formula is C22H23F3N4O5S. The first-order valence-electron chi connectivity index (χ1n) is 10.9. The molecule has 0 spiro atoms. The molecule has 35 heavy (non-hydrogen) atoms. The smallest absolute Gasteiger partial charge is 0.475 e. The number of amides is 1. The van der Waals surface area contributed by atoms with E-state index in [1.165, 1.54) is 0 Å². The lowest BCUT2D eigenvalue weighted by molar-refractivity contribution is -0.192. The van der Waals surface area contributed by atoms with E-state index < -0.39 is 27.2 Å². The van der Waals surface area contributed by atoms with Crippen LogP contribution in [0.25, 0.3) is 0 Å². The van der Waals surface area contributed by atoms with Gasteiger partial charge in [0.2, 0.25) is 11.9 Å². The Hall–Kier alpha value is -3.22. The van der Waals surface area contributed by atoms with Crippen LogP contribution in [0.4, 0.5) is 24.8 Å². The average Bonchev–Trinajstić information content (AvgIpc) is 3.21. The number of fused-ring (bicyclic) bond motifs is 3. The van der Waals surface area contributed by atoms with Crippen molar-refractivity contribution in [1.29, 1.82) is 0 Å². The number of aliphatic carboxylic acids is 1. The van der Waals surface area contributed by atoms with Crippen molar-refractivity contribution >= 4 is 33.3 Å². The Morgan fingerprint density at radius 3 is 2.34 bits per heavy atom. The van der Waals surface area contributed by atoms with Gasteiger partial charge in [-0.2, -0.15) is 13.2 Å². The number of likely N-dealkylation sites (tertiary alicyclic amines) is 1. The summed E-state index contributed by atoms with van der Waals surface area (Å²) < 4.78 is 57.4. The zero-order valence-corrected chi connectivity index (χ0v) is 19.2. The van der Waals surface area contributed by atoms with Gasteiger partial charge in [0.05, 0.1) is 16.7 Å². The van der Waals surface area contributed by atoms with Gasteiger partial charge in [-0.3, -0.25) is 4.79 Å². The van der Waals surface area contributed by atoms with Crippen LogP contribution < -0.4 is 5.32 Å². The largest absolute Gasteiger partial charge is 0.490 e. The molecule has 9 nitrogen and oxygen atoms in total. The second-order valence-electron chi connectivity index (χ2n) is 8.72. The molecule has 3 aliphatic rings. The predicted octanol–water partition coefficient (Wildman–Crippen LogP) is 2.88. The van der Waals surface area contributed by atoms with E-state index in [1.54, 1.807) is 11.1 Å². The van der Waals surface area contributed by atoms with Crippen molar-refractivity contribution in [2.45, 2.75) is 42.4 Å². The van der Waals surface area contributed by atoms with Crippen LogP contribution in [-0.2, 0) is 25.2 Å². The van der Waals surface area contributed by atoms with Crippen LogP contribution in [-0.4, -0.2) is 64.8 Å². The molecule has 2 fully saturated rings. The molecule has 1 aromatic heterocycles. The van der Waals surface area contributed by atoms with Crippen molar-refractivity contribution in [2.75, 3.05) is 18.4 Å². The fourth-order valence-electron chi connectivity index (χ4n) is 4.38. The molecule has 1 saturated heterocycles. The van der Waals surface area contributed by atoms with Crippen molar-refractivity contribution in [1.82, 2.24) is 14.9 Å². The molecule has 0 bridgehead atoms. The standard InChI is InChI=1S/C20H22N4O3S.C2HF3O2/c25-19(13-5-4-6-13)24-10-16-17(11-24)28(26,27)12-14-9-21-20(23-18(14)16)22-15-7-2-1-3-8-15;3-2(4,5)1(6)7/h1-3,7-9,13,16-17H,4-6,10-12H2,(H,21,22,23);(H,6,7)/t16-,17+;/m0./s1. The minimum absolute atomic E-state index is 0.0550. The van der Waals surface area contributed by atoms with Crippen LogP contribution in [0.1, 0.15) is 36.4 Å². The van der Waals surface area contributed by atoms with Crippen molar-refractivity contribution in [3.63, 3.8) is 0 Å².